The van der Waals surface area contributed by atoms with Crippen LogP contribution < -0.4 is 5.32 Å². The summed E-state index contributed by atoms with van der Waals surface area (Å²) < 4.78 is 0.382. The molecule has 3 nitrogen and oxygen atoms in total. The van der Waals surface area contributed by atoms with Crippen molar-refractivity contribution < 1.29 is 4.79 Å². The second-order valence-corrected chi connectivity index (χ2v) is 6.31. The maximum atomic E-state index is 12.2. The number of rotatable bonds is 5. The largest absolute Gasteiger partial charge is 0.325 e. The van der Waals surface area contributed by atoms with Crippen molar-refractivity contribution in [2.45, 2.75) is 56.5 Å². The Hall–Kier alpha value is -0.220. The lowest BCUT2D eigenvalue weighted by Gasteiger charge is -2.25. The summed E-state index contributed by atoms with van der Waals surface area (Å²) in [6.45, 7) is 5.16. The van der Waals surface area contributed by atoms with E-state index in [2.05, 4.69) is 25.4 Å². The lowest BCUT2D eigenvalue weighted by atomic mass is 10.1. The van der Waals surface area contributed by atoms with Crippen LogP contribution in [0.15, 0.2) is 0 Å². The first-order valence-corrected chi connectivity index (χ1v) is 7.46. The van der Waals surface area contributed by atoms with E-state index in [-0.39, 0.29) is 12.2 Å². The summed E-state index contributed by atoms with van der Waals surface area (Å²) in [5.41, 5.74) is 0. The quantitative estimate of drug-likeness (QED) is 0.798. The van der Waals surface area contributed by atoms with Gasteiger partial charge in [-0.15, -0.1) is 0 Å². The maximum absolute atomic E-state index is 12.2. The van der Waals surface area contributed by atoms with Gasteiger partial charge >= 0.3 is 0 Å². The molecule has 0 aromatic rings. The average Bonchev–Trinajstić information content (AvgIpc) is 2.99. The van der Waals surface area contributed by atoms with Gasteiger partial charge in [-0.05, 0) is 32.4 Å². The van der Waals surface area contributed by atoms with Crippen LogP contribution in [0.2, 0.25) is 0 Å². The third-order valence-electron chi connectivity index (χ3n) is 3.77. The molecule has 1 aliphatic carbocycles. The molecule has 2 fully saturated rings. The molecule has 0 aromatic carbocycles. The van der Waals surface area contributed by atoms with Crippen LogP contribution in [0.1, 0.15) is 39.5 Å². The van der Waals surface area contributed by atoms with Crippen molar-refractivity contribution in [2.24, 2.45) is 0 Å². The molecule has 2 atom stereocenters. The van der Waals surface area contributed by atoms with Gasteiger partial charge in [0.05, 0.1) is 12.2 Å². The minimum Gasteiger partial charge on any atom is -0.325 e. The van der Waals surface area contributed by atoms with Gasteiger partial charge in [0.25, 0.3) is 0 Å². The standard InChI is InChI=1S/C12H22N2OS/c1-4-5-10-11(15)14(9(2)13-10)8-12(16-3)6-7-12/h9-10,13H,4-8H2,1-3H3. The fraction of sp³-hybridized carbons (Fsp3) is 0.917. The Morgan fingerprint density at radius 2 is 2.25 bits per heavy atom. The van der Waals surface area contributed by atoms with Crippen LogP contribution in [-0.2, 0) is 4.79 Å². The van der Waals surface area contributed by atoms with Crippen molar-refractivity contribution in [2.75, 3.05) is 12.8 Å². The smallest absolute Gasteiger partial charge is 0.241 e. The number of hydrogen-bond acceptors (Lipinski definition) is 3. The molecule has 1 aliphatic heterocycles. The van der Waals surface area contributed by atoms with E-state index in [4.69, 9.17) is 0 Å². The Morgan fingerprint density at radius 1 is 1.56 bits per heavy atom. The van der Waals surface area contributed by atoms with Crippen LogP contribution >= 0.6 is 11.8 Å². The number of nitrogens with zero attached hydrogens (tertiary/aromatic N) is 1. The molecule has 2 aliphatic rings. The number of carbonyl (C=O) groups excluding carboxylic acids is 1. The number of carbonyl (C=O) groups is 1. The van der Waals surface area contributed by atoms with Gasteiger partial charge in [-0.1, -0.05) is 13.3 Å². The predicted molar refractivity (Wildman–Crippen MR) is 68.5 cm³/mol. The lowest BCUT2D eigenvalue weighted by Crippen LogP contribution is -2.40. The molecule has 4 heteroatoms. The normalized spacial score (nSPS) is 32.2. The van der Waals surface area contributed by atoms with Gasteiger partial charge < -0.3 is 4.90 Å². The van der Waals surface area contributed by atoms with Crippen molar-refractivity contribution in [1.82, 2.24) is 10.2 Å². The second kappa shape index (κ2) is 4.57. The Kier molecular flexibility index (Phi) is 3.50. The van der Waals surface area contributed by atoms with E-state index >= 15 is 0 Å². The highest BCUT2D eigenvalue weighted by molar-refractivity contribution is 8.00. The van der Waals surface area contributed by atoms with Crippen LogP contribution in [0, 0.1) is 0 Å². The highest BCUT2D eigenvalue weighted by atomic mass is 32.2. The SMILES string of the molecule is CCCC1NC(C)N(CC2(SC)CC2)C1=O. The molecule has 1 saturated carbocycles. The molecular formula is C12H22N2OS. The highest BCUT2D eigenvalue weighted by Crippen LogP contribution is 2.48. The summed E-state index contributed by atoms with van der Waals surface area (Å²) in [7, 11) is 0. The fourth-order valence-electron chi connectivity index (χ4n) is 2.43. The topological polar surface area (TPSA) is 32.3 Å². The van der Waals surface area contributed by atoms with Gasteiger partial charge in [0.1, 0.15) is 0 Å². The summed E-state index contributed by atoms with van der Waals surface area (Å²) >= 11 is 1.92. The first-order chi connectivity index (χ1) is 7.62. The summed E-state index contributed by atoms with van der Waals surface area (Å²) in [4.78, 5) is 14.2. The molecule has 16 heavy (non-hydrogen) atoms. The van der Waals surface area contributed by atoms with Crippen LogP contribution in [0.4, 0.5) is 0 Å². The molecule has 92 valence electrons. The third-order valence-corrected chi connectivity index (χ3v) is 5.17. The summed E-state index contributed by atoms with van der Waals surface area (Å²) in [5.74, 6) is 0.315. The van der Waals surface area contributed by atoms with Gasteiger partial charge in [-0.2, -0.15) is 11.8 Å². The average molecular weight is 242 g/mol. The molecule has 0 radical (unpaired) electrons. The van der Waals surface area contributed by atoms with Crippen molar-refractivity contribution in [3.05, 3.63) is 0 Å². The minimum atomic E-state index is 0.0673. The van der Waals surface area contributed by atoms with Crippen molar-refractivity contribution in [3.63, 3.8) is 0 Å². The van der Waals surface area contributed by atoms with Crippen molar-refractivity contribution in [3.8, 4) is 0 Å². The van der Waals surface area contributed by atoms with Crippen LogP contribution in [-0.4, -0.2) is 40.6 Å². The maximum Gasteiger partial charge on any atom is 0.241 e. The number of amides is 1. The number of thioether (sulfide) groups is 1. The second-order valence-electron chi connectivity index (χ2n) is 5.04. The van der Waals surface area contributed by atoms with E-state index in [1.165, 1.54) is 12.8 Å². The van der Waals surface area contributed by atoms with Crippen LogP contribution in [0.3, 0.4) is 0 Å². The molecule has 1 amide bonds. The minimum absolute atomic E-state index is 0.0673. The molecule has 1 N–H and O–H groups in total. The van der Waals surface area contributed by atoms with E-state index in [9.17, 15) is 4.79 Å². The lowest BCUT2D eigenvalue weighted by molar-refractivity contribution is -0.130. The zero-order valence-corrected chi connectivity index (χ0v) is 11.3. The van der Waals surface area contributed by atoms with E-state index in [0.717, 1.165) is 19.4 Å². The molecule has 1 heterocycles. The molecule has 0 aromatic heterocycles. The van der Waals surface area contributed by atoms with Crippen LogP contribution in [0.5, 0.6) is 0 Å². The van der Waals surface area contributed by atoms with E-state index in [1.807, 2.05) is 16.7 Å². The molecule has 2 unspecified atom stereocenters. The Bertz CT molecular complexity index is 278. The Balaban J connectivity index is 1.96. The highest BCUT2D eigenvalue weighted by Gasteiger charge is 2.47. The number of nitrogens with one attached hydrogen (secondary N) is 1. The third kappa shape index (κ3) is 2.23. The summed E-state index contributed by atoms with van der Waals surface area (Å²) in [5, 5.41) is 3.40. The predicted octanol–water partition coefficient (Wildman–Crippen LogP) is 1.83. The molecule has 0 bridgehead atoms. The summed E-state index contributed by atoms with van der Waals surface area (Å²) in [6.07, 6.45) is 6.94. The van der Waals surface area contributed by atoms with E-state index in [1.54, 1.807) is 0 Å². The van der Waals surface area contributed by atoms with E-state index < -0.39 is 0 Å². The molecule has 2 rings (SSSR count). The van der Waals surface area contributed by atoms with Gasteiger partial charge in [0, 0.05) is 11.3 Å². The van der Waals surface area contributed by atoms with E-state index in [0.29, 0.717) is 10.7 Å². The van der Waals surface area contributed by atoms with Gasteiger partial charge in [-0.25, -0.2) is 0 Å². The Morgan fingerprint density at radius 3 is 2.75 bits per heavy atom. The van der Waals surface area contributed by atoms with Gasteiger partial charge in [0.15, 0.2) is 0 Å². The summed E-state index contributed by atoms with van der Waals surface area (Å²) in [6, 6.07) is 0.0673. The fourth-order valence-corrected chi connectivity index (χ4v) is 3.21. The molecular weight excluding hydrogens is 220 g/mol. The zero-order chi connectivity index (χ0) is 11.8. The first-order valence-electron chi connectivity index (χ1n) is 6.23. The molecule has 0 spiro atoms. The monoisotopic (exact) mass is 242 g/mol. The van der Waals surface area contributed by atoms with Gasteiger partial charge in [0.2, 0.25) is 5.91 Å². The van der Waals surface area contributed by atoms with Gasteiger partial charge in [-0.3, -0.25) is 10.1 Å². The number of hydrogen-bond donors (Lipinski definition) is 1. The van der Waals surface area contributed by atoms with Crippen molar-refractivity contribution in [1.29, 1.82) is 0 Å². The molecule has 1 saturated heterocycles. The zero-order valence-electron chi connectivity index (χ0n) is 10.5. The van der Waals surface area contributed by atoms with Crippen LogP contribution in [0.25, 0.3) is 0 Å². The Labute approximate surface area is 102 Å². The first kappa shape index (κ1) is 12.2. The van der Waals surface area contributed by atoms with Crippen molar-refractivity contribution >= 4 is 17.7 Å².